The van der Waals surface area contributed by atoms with Gasteiger partial charge in [-0.3, -0.25) is 10.1 Å². The van der Waals surface area contributed by atoms with Gasteiger partial charge in [0.2, 0.25) is 12.2 Å². The van der Waals surface area contributed by atoms with Crippen molar-refractivity contribution in [3.8, 4) is 0 Å². The number of imide groups is 1. The molecule has 0 radical (unpaired) electrons. The van der Waals surface area contributed by atoms with E-state index >= 15 is 0 Å². The number of hydrogen-bond acceptors (Lipinski definition) is 5. The Labute approximate surface area is 102 Å². The summed E-state index contributed by atoms with van der Waals surface area (Å²) in [5, 5.41) is 14.9. The summed E-state index contributed by atoms with van der Waals surface area (Å²) < 4.78 is 1.22. The van der Waals surface area contributed by atoms with Gasteiger partial charge in [-0.05, 0) is 23.8 Å². The average Bonchev–Trinajstić information content (AvgIpc) is 2.63. The summed E-state index contributed by atoms with van der Waals surface area (Å²) >= 11 is 0. The van der Waals surface area contributed by atoms with Gasteiger partial charge in [0, 0.05) is 6.04 Å². The van der Waals surface area contributed by atoms with Crippen molar-refractivity contribution in [3.63, 3.8) is 0 Å². The first kappa shape index (κ1) is 13.6. The van der Waals surface area contributed by atoms with Crippen molar-refractivity contribution in [2.45, 2.75) is 26.4 Å². The number of carbonyl (C=O) groups is 2. The first-order valence-corrected chi connectivity index (χ1v) is 5.15. The molecule has 0 aliphatic heterocycles. The Balaban J connectivity index is 2.49. The Kier molecular flexibility index (Phi) is 4.35. The SMILES string of the molecule is CC(C)NC(=O)NC(=O)Cn1cnc([N+](=O)[O-])c1. The zero-order valence-electron chi connectivity index (χ0n) is 9.91. The van der Waals surface area contributed by atoms with E-state index in [1.807, 2.05) is 0 Å². The van der Waals surface area contributed by atoms with Crippen LogP contribution in [-0.4, -0.2) is 32.5 Å². The number of nitrogens with zero attached hydrogens (tertiary/aromatic N) is 3. The summed E-state index contributed by atoms with van der Waals surface area (Å²) in [7, 11) is 0. The van der Waals surface area contributed by atoms with Crippen molar-refractivity contribution in [2.24, 2.45) is 0 Å². The van der Waals surface area contributed by atoms with Gasteiger partial charge >= 0.3 is 11.8 Å². The van der Waals surface area contributed by atoms with Crippen LogP contribution in [0.1, 0.15) is 13.8 Å². The van der Waals surface area contributed by atoms with Crippen LogP contribution < -0.4 is 10.6 Å². The van der Waals surface area contributed by atoms with E-state index in [0.717, 1.165) is 12.5 Å². The minimum atomic E-state index is -0.667. The first-order chi connectivity index (χ1) is 8.38. The molecule has 3 amide bonds. The van der Waals surface area contributed by atoms with Crippen LogP contribution in [0.25, 0.3) is 0 Å². The maximum Gasteiger partial charge on any atom is 0.381 e. The highest BCUT2D eigenvalue weighted by atomic mass is 16.6. The van der Waals surface area contributed by atoms with Crippen LogP contribution in [0, 0.1) is 10.1 Å². The molecule has 9 nitrogen and oxygen atoms in total. The fraction of sp³-hybridized carbons (Fsp3) is 0.444. The van der Waals surface area contributed by atoms with E-state index in [1.54, 1.807) is 13.8 Å². The van der Waals surface area contributed by atoms with E-state index in [2.05, 4.69) is 15.6 Å². The molecule has 0 fully saturated rings. The number of aromatic nitrogens is 2. The van der Waals surface area contributed by atoms with Crippen LogP contribution in [0.4, 0.5) is 10.6 Å². The lowest BCUT2D eigenvalue weighted by Crippen LogP contribution is -2.43. The fourth-order valence-electron chi connectivity index (χ4n) is 1.16. The Hall–Kier alpha value is -2.45. The number of carbonyl (C=O) groups excluding carboxylic acids is 2. The molecule has 9 heteroatoms. The number of rotatable bonds is 4. The number of imidazole rings is 1. The van der Waals surface area contributed by atoms with Gasteiger partial charge in [0.25, 0.3) is 0 Å². The molecular weight excluding hydrogens is 242 g/mol. The molecule has 1 heterocycles. The molecule has 98 valence electrons. The number of amides is 3. The molecule has 0 aromatic carbocycles. The van der Waals surface area contributed by atoms with Crippen LogP contribution in [0.2, 0.25) is 0 Å². The predicted molar refractivity (Wildman–Crippen MR) is 60.7 cm³/mol. The first-order valence-electron chi connectivity index (χ1n) is 5.15. The molecule has 0 unspecified atom stereocenters. The van der Waals surface area contributed by atoms with Gasteiger partial charge < -0.3 is 20.0 Å². The normalized spacial score (nSPS) is 10.2. The van der Waals surface area contributed by atoms with Crippen LogP contribution in [0.3, 0.4) is 0 Å². The van der Waals surface area contributed by atoms with Crippen LogP contribution >= 0.6 is 0 Å². The highest BCUT2D eigenvalue weighted by molar-refractivity contribution is 5.94. The smallest absolute Gasteiger partial charge is 0.358 e. The van der Waals surface area contributed by atoms with Crippen LogP contribution in [0.15, 0.2) is 12.5 Å². The fourth-order valence-corrected chi connectivity index (χ4v) is 1.16. The largest absolute Gasteiger partial charge is 0.381 e. The van der Waals surface area contributed by atoms with Crippen molar-refractivity contribution in [3.05, 3.63) is 22.6 Å². The molecule has 2 N–H and O–H groups in total. The number of nitrogens with one attached hydrogen (secondary N) is 2. The average molecular weight is 255 g/mol. The van der Waals surface area contributed by atoms with Gasteiger partial charge in [-0.2, -0.15) is 0 Å². The maximum atomic E-state index is 11.4. The zero-order chi connectivity index (χ0) is 13.7. The Morgan fingerprint density at radius 3 is 2.72 bits per heavy atom. The van der Waals surface area contributed by atoms with Gasteiger partial charge in [0.15, 0.2) is 0 Å². The lowest BCUT2D eigenvalue weighted by Gasteiger charge is -2.08. The lowest BCUT2D eigenvalue weighted by atomic mass is 10.4. The monoisotopic (exact) mass is 255 g/mol. The second kappa shape index (κ2) is 5.75. The minimum absolute atomic E-state index is 0.0906. The molecule has 0 atom stereocenters. The molecule has 1 aromatic heterocycles. The van der Waals surface area contributed by atoms with Crippen molar-refractivity contribution in [2.75, 3.05) is 0 Å². The van der Waals surface area contributed by atoms with Gasteiger partial charge in [-0.25, -0.2) is 4.79 Å². The van der Waals surface area contributed by atoms with Gasteiger partial charge in [0.05, 0.1) is 0 Å². The molecular formula is C9H13N5O4. The molecule has 18 heavy (non-hydrogen) atoms. The van der Waals surface area contributed by atoms with Crippen molar-refractivity contribution in [1.29, 1.82) is 0 Å². The second-order valence-electron chi connectivity index (χ2n) is 3.84. The predicted octanol–water partition coefficient (Wildman–Crippen LogP) is 0.0255. The number of urea groups is 1. The van der Waals surface area contributed by atoms with Gasteiger partial charge in [-0.15, -0.1) is 0 Å². The van der Waals surface area contributed by atoms with E-state index < -0.39 is 16.9 Å². The van der Waals surface area contributed by atoms with E-state index in [-0.39, 0.29) is 18.4 Å². The third kappa shape index (κ3) is 4.20. The summed E-state index contributed by atoms with van der Waals surface area (Å²) in [6, 6.07) is -0.697. The number of hydrogen-bond donors (Lipinski definition) is 2. The standard InChI is InChI=1S/C9H13N5O4/c1-6(2)11-9(16)12-8(15)4-13-3-7(10-5-13)14(17)18/h3,5-6H,4H2,1-2H3,(H2,11,12,15,16). The van der Waals surface area contributed by atoms with Crippen molar-refractivity contribution in [1.82, 2.24) is 20.2 Å². The lowest BCUT2D eigenvalue weighted by molar-refractivity contribution is -0.389. The van der Waals surface area contributed by atoms with Crippen LogP contribution in [0.5, 0.6) is 0 Å². The summed E-state index contributed by atoms with van der Waals surface area (Å²) in [6.45, 7) is 3.29. The molecule has 1 aromatic rings. The third-order valence-electron chi connectivity index (χ3n) is 1.81. The minimum Gasteiger partial charge on any atom is -0.358 e. The molecule has 0 aliphatic rings. The number of nitro groups is 1. The summed E-state index contributed by atoms with van der Waals surface area (Å²) in [6.07, 6.45) is 2.26. The van der Waals surface area contributed by atoms with E-state index in [1.165, 1.54) is 4.57 Å². The maximum absolute atomic E-state index is 11.4. The highest BCUT2D eigenvalue weighted by Gasteiger charge is 2.13. The van der Waals surface area contributed by atoms with E-state index in [0.29, 0.717) is 0 Å². The van der Waals surface area contributed by atoms with Crippen molar-refractivity contribution < 1.29 is 14.5 Å². The highest BCUT2D eigenvalue weighted by Crippen LogP contribution is 2.04. The molecule has 0 spiro atoms. The van der Waals surface area contributed by atoms with Crippen molar-refractivity contribution >= 4 is 17.8 Å². The zero-order valence-corrected chi connectivity index (χ0v) is 9.91. The summed E-state index contributed by atoms with van der Waals surface area (Å²) in [4.78, 5) is 35.8. The topological polar surface area (TPSA) is 119 Å². The molecule has 0 saturated heterocycles. The molecule has 0 saturated carbocycles. The van der Waals surface area contributed by atoms with Gasteiger partial charge in [-0.1, -0.05) is 0 Å². The Morgan fingerprint density at radius 1 is 1.56 bits per heavy atom. The summed E-state index contributed by atoms with van der Waals surface area (Å²) in [5.74, 6) is -0.935. The van der Waals surface area contributed by atoms with E-state index in [9.17, 15) is 19.7 Å². The molecule has 0 aliphatic carbocycles. The quantitative estimate of drug-likeness (QED) is 0.580. The second-order valence-corrected chi connectivity index (χ2v) is 3.84. The van der Waals surface area contributed by atoms with E-state index in [4.69, 9.17) is 0 Å². The summed E-state index contributed by atoms with van der Waals surface area (Å²) in [5.41, 5.74) is 0. The Bertz CT molecular complexity index is 467. The molecule has 0 bridgehead atoms. The van der Waals surface area contributed by atoms with Crippen LogP contribution in [-0.2, 0) is 11.3 Å². The molecule has 1 rings (SSSR count). The van der Waals surface area contributed by atoms with Gasteiger partial charge in [0.1, 0.15) is 12.7 Å². The Morgan fingerprint density at radius 2 is 2.22 bits per heavy atom. The third-order valence-corrected chi connectivity index (χ3v) is 1.81.